The molecule has 136 valence electrons. The van der Waals surface area contributed by atoms with Crippen molar-refractivity contribution in [2.45, 2.75) is 26.2 Å². The number of ether oxygens (including phenoxy) is 1. The quantitative estimate of drug-likeness (QED) is 0.619. The van der Waals surface area contributed by atoms with Gasteiger partial charge in [-0.1, -0.05) is 19.1 Å². The molecule has 0 radical (unpaired) electrons. The van der Waals surface area contributed by atoms with Crippen LogP contribution >= 0.6 is 11.3 Å². The molecule has 0 spiro atoms. The molecule has 1 atom stereocenters. The fraction of sp³-hybridized carbons (Fsp3) is 0.316. The Labute approximate surface area is 155 Å². The van der Waals surface area contributed by atoms with E-state index in [0.717, 1.165) is 19.3 Å². The van der Waals surface area contributed by atoms with Crippen LogP contribution < -0.4 is 15.3 Å². The lowest BCUT2D eigenvalue weighted by Crippen LogP contribution is -2.29. The van der Waals surface area contributed by atoms with Crippen LogP contribution in [0.2, 0.25) is 0 Å². The maximum absolute atomic E-state index is 12.3. The number of hydrogen-bond donors (Lipinski definition) is 1. The monoisotopic (exact) mass is 371 g/mol. The first-order chi connectivity index (χ1) is 12.5. The Morgan fingerprint density at radius 3 is 3.04 bits per heavy atom. The lowest BCUT2D eigenvalue weighted by Gasteiger charge is -2.16. The third kappa shape index (κ3) is 4.49. The Kier molecular flexibility index (Phi) is 5.68. The van der Waals surface area contributed by atoms with Gasteiger partial charge < -0.3 is 14.6 Å². The van der Waals surface area contributed by atoms with Crippen molar-refractivity contribution in [3.05, 3.63) is 51.2 Å². The molecule has 2 aromatic rings. The second-order valence-corrected chi connectivity index (χ2v) is 7.44. The van der Waals surface area contributed by atoms with Crippen LogP contribution in [0.3, 0.4) is 0 Å². The van der Waals surface area contributed by atoms with E-state index >= 15 is 0 Å². The normalized spacial score (nSPS) is 16.3. The van der Waals surface area contributed by atoms with Gasteiger partial charge in [0.25, 0.3) is 5.91 Å². The number of aryl methyl sites for hydroxylation is 1. The van der Waals surface area contributed by atoms with E-state index < -0.39 is 12.6 Å². The number of fused-ring (bicyclic) bond motifs is 1. The number of carbonyl (C=O) groups is 2. The SMILES string of the molecule is C[C@@H]1CCc2sc(C(=O)N/N=C\c3ccccc3OCC(=O)[O-])cc2C1. The number of benzene rings is 1. The van der Waals surface area contributed by atoms with E-state index in [4.69, 9.17) is 4.74 Å². The van der Waals surface area contributed by atoms with E-state index in [1.807, 2.05) is 6.07 Å². The van der Waals surface area contributed by atoms with Crippen LogP contribution in [-0.2, 0) is 17.6 Å². The average molecular weight is 371 g/mol. The molecule has 1 heterocycles. The Morgan fingerprint density at radius 1 is 1.42 bits per heavy atom. The molecule has 1 amide bonds. The third-order valence-electron chi connectivity index (χ3n) is 4.19. The number of carboxylic acids is 1. The maximum Gasteiger partial charge on any atom is 0.281 e. The number of para-hydroxylation sites is 1. The lowest BCUT2D eigenvalue weighted by atomic mass is 9.90. The molecular formula is C19H19N2O4S-. The summed E-state index contributed by atoms with van der Waals surface area (Å²) < 4.78 is 5.14. The van der Waals surface area contributed by atoms with Gasteiger partial charge in [0.15, 0.2) is 0 Å². The van der Waals surface area contributed by atoms with Crippen molar-refractivity contribution in [2.24, 2.45) is 11.0 Å². The van der Waals surface area contributed by atoms with Gasteiger partial charge in [0.2, 0.25) is 0 Å². The van der Waals surface area contributed by atoms with Gasteiger partial charge in [0, 0.05) is 10.4 Å². The topological polar surface area (TPSA) is 90.8 Å². The third-order valence-corrected chi connectivity index (χ3v) is 5.42. The number of nitrogens with one attached hydrogen (secondary N) is 1. The molecular weight excluding hydrogens is 352 g/mol. The van der Waals surface area contributed by atoms with Gasteiger partial charge in [0.1, 0.15) is 12.4 Å². The summed E-state index contributed by atoms with van der Waals surface area (Å²) in [6.45, 7) is 1.68. The summed E-state index contributed by atoms with van der Waals surface area (Å²) in [5.74, 6) is -0.540. The number of carbonyl (C=O) groups excluding carboxylic acids is 2. The van der Waals surface area contributed by atoms with Crippen molar-refractivity contribution in [2.75, 3.05) is 6.61 Å². The highest BCUT2D eigenvalue weighted by Crippen LogP contribution is 2.32. The first-order valence-electron chi connectivity index (χ1n) is 8.39. The van der Waals surface area contributed by atoms with Crippen LogP contribution in [0.15, 0.2) is 35.4 Å². The van der Waals surface area contributed by atoms with Gasteiger partial charge >= 0.3 is 0 Å². The lowest BCUT2D eigenvalue weighted by molar-refractivity contribution is -0.307. The summed E-state index contributed by atoms with van der Waals surface area (Å²) in [6.07, 6.45) is 4.64. The average Bonchev–Trinajstić information content (AvgIpc) is 3.04. The van der Waals surface area contributed by atoms with Crippen molar-refractivity contribution in [1.82, 2.24) is 5.43 Å². The highest BCUT2D eigenvalue weighted by molar-refractivity contribution is 7.14. The fourth-order valence-electron chi connectivity index (χ4n) is 2.89. The number of rotatable bonds is 6. The smallest absolute Gasteiger partial charge is 0.281 e. The molecule has 26 heavy (non-hydrogen) atoms. The molecule has 1 aromatic heterocycles. The number of amides is 1. The van der Waals surface area contributed by atoms with E-state index in [2.05, 4.69) is 17.5 Å². The molecule has 0 saturated carbocycles. The van der Waals surface area contributed by atoms with Crippen molar-refractivity contribution in [3.8, 4) is 5.75 Å². The van der Waals surface area contributed by atoms with Gasteiger partial charge in [-0.25, -0.2) is 5.43 Å². The molecule has 7 heteroatoms. The first-order valence-corrected chi connectivity index (χ1v) is 9.21. The molecule has 1 aliphatic carbocycles. The van der Waals surface area contributed by atoms with E-state index in [1.54, 1.807) is 24.3 Å². The van der Waals surface area contributed by atoms with Crippen LogP contribution in [0.5, 0.6) is 5.75 Å². The molecule has 0 aliphatic heterocycles. The molecule has 0 fully saturated rings. The van der Waals surface area contributed by atoms with E-state index in [-0.39, 0.29) is 5.91 Å². The Hall–Kier alpha value is -2.67. The number of hydrogen-bond acceptors (Lipinski definition) is 6. The highest BCUT2D eigenvalue weighted by atomic mass is 32.1. The van der Waals surface area contributed by atoms with Crippen LogP contribution in [-0.4, -0.2) is 24.7 Å². The Morgan fingerprint density at radius 2 is 2.23 bits per heavy atom. The van der Waals surface area contributed by atoms with Gasteiger partial charge in [-0.2, -0.15) is 5.10 Å². The first kappa shape index (κ1) is 18.1. The molecule has 1 N–H and O–H groups in total. The Bertz CT molecular complexity index is 844. The summed E-state index contributed by atoms with van der Waals surface area (Å²) in [4.78, 5) is 24.8. The minimum atomic E-state index is -1.30. The van der Waals surface area contributed by atoms with Crippen LogP contribution in [0.4, 0.5) is 0 Å². The van der Waals surface area contributed by atoms with Gasteiger partial charge in [0.05, 0.1) is 17.1 Å². The zero-order chi connectivity index (χ0) is 18.5. The minimum absolute atomic E-state index is 0.249. The summed E-state index contributed by atoms with van der Waals surface area (Å²) in [5.41, 5.74) is 4.35. The second-order valence-electron chi connectivity index (χ2n) is 6.30. The van der Waals surface area contributed by atoms with E-state index in [0.29, 0.717) is 22.1 Å². The summed E-state index contributed by atoms with van der Waals surface area (Å²) in [5, 5.41) is 14.5. The summed E-state index contributed by atoms with van der Waals surface area (Å²) in [7, 11) is 0. The largest absolute Gasteiger partial charge is 0.546 e. The van der Waals surface area contributed by atoms with E-state index in [9.17, 15) is 14.7 Å². The minimum Gasteiger partial charge on any atom is -0.546 e. The van der Waals surface area contributed by atoms with Crippen molar-refractivity contribution in [1.29, 1.82) is 0 Å². The summed E-state index contributed by atoms with van der Waals surface area (Å²) in [6, 6.07) is 8.78. The number of thiophene rings is 1. The van der Waals surface area contributed by atoms with Crippen LogP contribution in [0.1, 0.15) is 39.0 Å². The van der Waals surface area contributed by atoms with Gasteiger partial charge in [-0.3, -0.25) is 4.79 Å². The predicted molar refractivity (Wildman–Crippen MR) is 97.5 cm³/mol. The number of carboxylic acid groups (broad SMARTS) is 1. The van der Waals surface area contributed by atoms with Crippen LogP contribution in [0, 0.1) is 5.92 Å². The second kappa shape index (κ2) is 8.14. The van der Waals surface area contributed by atoms with Gasteiger partial charge in [-0.05, 0) is 48.9 Å². The molecule has 3 rings (SSSR count). The van der Waals surface area contributed by atoms with Crippen LogP contribution in [0.25, 0.3) is 0 Å². The van der Waals surface area contributed by atoms with Crippen molar-refractivity contribution >= 4 is 29.4 Å². The molecule has 1 aliphatic rings. The number of hydrazone groups is 1. The zero-order valence-electron chi connectivity index (χ0n) is 14.4. The fourth-order valence-corrected chi connectivity index (χ4v) is 3.99. The number of aliphatic carboxylic acids is 1. The Balaban J connectivity index is 1.64. The van der Waals surface area contributed by atoms with Crippen molar-refractivity contribution in [3.63, 3.8) is 0 Å². The predicted octanol–water partition coefficient (Wildman–Crippen LogP) is 1.77. The molecule has 0 bridgehead atoms. The zero-order valence-corrected chi connectivity index (χ0v) is 15.2. The van der Waals surface area contributed by atoms with Crippen molar-refractivity contribution < 1.29 is 19.4 Å². The standard InChI is InChI=1S/C19H20N2O4S/c1-12-6-7-16-14(8-12)9-17(26-16)19(24)21-20-10-13-4-2-3-5-15(13)25-11-18(22)23/h2-5,9-10,12H,6-8,11H2,1H3,(H,21,24)(H,22,23)/p-1/b20-10-/t12-/m1/s1. The summed E-state index contributed by atoms with van der Waals surface area (Å²) >= 11 is 1.52. The number of nitrogens with zero attached hydrogens (tertiary/aromatic N) is 1. The molecule has 6 nitrogen and oxygen atoms in total. The molecule has 0 saturated heterocycles. The van der Waals surface area contributed by atoms with E-state index in [1.165, 1.54) is 28.0 Å². The molecule has 1 aromatic carbocycles. The maximum atomic E-state index is 12.3. The molecule has 0 unspecified atom stereocenters. The highest BCUT2D eigenvalue weighted by Gasteiger charge is 2.20. The van der Waals surface area contributed by atoms with Gasteiger partial charge in [-0.15, -0.1) is 11.3 Å².